The number of aromatic nitrogens is 1. The van der Waals surface area contributed by atoms with Crippen LogP contribution >= 0.6 is 0 Å². The lowest BCUT2D eigenvalue weighted by atomic mass is 10.0. The molecule has 1 aromatic heterocycles. The van der Waals surface area contributed by atoms with Gasteiger partial charge in [0.2, 0.25) is 0 Å². The molecule has 2 aromatic rings. The summed E-state index contributed by atoms with van der Waals surface area (Å²) in [7, 11) is 1.44. The van der Waals surface area contributed by atoms with Gasteiger partial charge in [0, 0.05) is 18.0 Å². The molecule has 0 atom stereocenters. The predicted molar refractivity (Wildman–Crippen MR) is 65.4 cm³/mol. The normalized spacial score (nSPS) is 10.2. The van der Waals surface area contributed by atoms with Gasteiger partial charge >= 0.3 is 0 Å². The number of carbonyl (C=O) groups is 1. The maximum atomic E-state index is 13.2. The van der Waals surface area contributed by atoms with Crippen LogP contribution in [0.3, 0.4) is 0 Å². The molecule has 1 heterocycles. The lowest BCUT2D eigenvalue weighted by Crippen LogP contribution is -2.06. The van der Waals surface area contributed by atoms with Crippen molar-refractivity contribution in [3.8, 4) is 5.75 Å². The van der Waals surface area contributed by atoms with Crippen LogP contribution < -0.4 is 4.74 Å². The number of hydrogen-bond acceptors (Lipinski definition) is 3. The molecule has 4 heteroatoms. The van der Waals surface area contributed by atoms with Crippen molar-refractivity contribution >= 4 is 5.78 Å². The molecule has 1 aromatic carbocycles. The minimum atomic E-state index is -0.472. The van der Waals surface area contributed by atoms with Crippen molar-refractivity contribution in [3.63, 3.8) is 0 Å². The van der Waals surface area contributed by atoms with Gasteiger partial charge < -0.3 is 4.74 Å². The summed E-state index contributed by atoms with van der Waals surface area (Å²) in [5.74, 6) is -0.415. The molecule has 0 bridgehead atoms. The van der Waals surface area contributed by atoms with Crippen molar-refractivity contribution in [2.45, 2.75) is 6.92 Å². The monoisotopic (exact) mass is 245 g/mol. The molecule has 0 saturated carbocycles. The van der Waals surface area contributed by atoms with Crippen LogP contribution in [0.1, 0.15) is 21.5 Å². The second kappa shape index (κ2) is 4.96. The molecule has 0 aliphatic heterocycles. The molecular formula is C14H12FNO2. The molecule has 0 aliphatic rings. The fraction of sp³-hybridized carbons (Fsp3) is 0.143. The average molecular weight is 245 g/mol. The molecular weight excluding hydrogens is 233 g/mol. The third-order valence-corrected chi connectivity index (χ3v) is 2.69. The molecule has 2 rings (SSSR count). The molecule has 0 aliphatic carbocycles. The highest BCUT2D eigenvalue weighted by Gasteiger charge is 2.17. The maximum absolute atomic E-state index is 13.2. The van der Waals surface area contributed by atoms with Crippen molar-refractivity contribution in [2.75, 3.05) is 7.11 Å². The third-order valence-electron chi connectivity index (χ3n) is 2.69. The van der Waals surface area contributed by atoms with Gasteiger partial charge in [-0.15, -0.1) is 0 Å². The van der Waals surface area contributed by atoms with Crippen molar-refractivity contribution in [1.29, 1.82) is 0 Å². The van der Waals surface area contributed by atoms with Gasteiger partial charge in [-0.05, 0) is 36.8 Å². The van der Waals surface area contributed by atoms with Crippen LogP contribution in [0.15, 0.2) is 36.7 Å². The molecule has 3 nitrogen and oxygen atoms in total. The summed E-state index contributed by atoms with van der Waals surface area (Å²) in [4.78, 5) is 16.2. The first-order chi connectivity index (χ1) is 8.63. The molecule has 0 spiro atoms. The Balaban J connectivity index is 2.52. The zero-order chi connectivity index (χ0) is 13.1. The summed E-state index contributed by atoms with van der Waals surface area (Å²) in [6.07, 6.45) is 3.08. The highest BCUT2D eigenvalue weighted by atomic mass is 19.1. The number of aryl methyl sites for hydroxylation is 1. The van der Waals surface area contributed by atoms with Crippen molar-refractivity contribution in [3.05, 3.63) is 59.2 Å². The third kappa shape index (κ3) is 2.22. The van der Waals surface area contributed by atoms with E-state index in [0.29, 0.717) is 11.3 Å². The Bertz CT molecular complexity index is 596. The number of halogens is 1. The number of ketones is 1. The topological polar surface area (TPSA) is 39.2 Å². The molecule has 0 radical (unpaired) electrons. The number of benzene rings is 1. The van der Waals surface area contributed by atoms with E-state index in [-0.39, 0.29) is 11.3 Å². The summed E-state index contributed by atoms with van der Waals surface area (Å²) < 4.78 is 18.3. The molecule has 0 N–H and O–H groups in total. The van der Waals surface area contributed by atoms with Gasteiger partial charge in [-0.3, -0.25) is 9.78 Å². The first-order valence-electron chi connectivity index (χ1n) is 5.42. The van der Waals surface area contributed by atoms with E-state index in [1.165, 1.54) is 31.5 Å². The van der Waals surface area contributed by atoms with Crippen LogP contribution in [0.25, 0.3) is 0 Å². The number of carbonyl (C=O) groups excluding carboxylic acids is 1. The molecule has 0 unspecified atom stereocenters. The van der Waals surface area contributed by atoms with Gasteiger partial charge in [-0.1, -0.05) is 0 Å². The summed E-state index contributed by atoms with van der Waals surface area (Å²) >= 11 is 0. The van der Waals surface area contributed by atoms with Gasteiger partial charge in [0.15, 0.2) is 5.78 Å². The minimum absolute atomic E-state index is 0.202. The van der Waals surface area contributed by atoms with Crippen molar-refractivity contribution in [1.82, 2.24) is 4.98 Å². The number of pyridine rings is 1. The number of methoxy groups -OCH3 is 1. The van der Waals surface area contributed by atoms with Crippen LogP contribution in [0.2, 0.25) is 0 Å². The number of rotatable bonds is 3. The van der Waals surface area contributed by atoms with Crippen LogP contribution in [-0.2, 0) is 0 Å². The Labute approximate surface area is 104 Å². The molecule has 0 fully saturated rings. The van der Waals surface area contributed by atoms with Gasteiger partial charge in [0.05, 0.1) is 12.7 Å². The second-order valence-corrected chi connectivity index (χ2v) is 3.86. The Morgan fingerprint density at radius 1 is 1.28 bits per heavy atom. The van der Waals surface area contributed by atoms with Crippen LogP contribution in [0.4, 0.5) is 4.39 Å². The number of hydrogen-bond donors (Lipinski definition) is 0. The second-order valence-electron chi connectivity index (χ2n) is 3.86. The SMILES string of the molecule is COc1ccc(F)cc1C(=O)c1cnccc1C. The standard InChI is InChI=1S/C14H12FNO2/c1-9-5-6-16-8-12(9)14(17)11-7-10(15)3-4-13(11)18-2/h3-8H,1-2H3. The fourth-order valence-corrected chi connectivity index (χ4v) is 1.70. The van der Waals surface area contributed by atoms with E-state index in [2.05, 4.69) is 4.98 Å². The van der Waals surface area contributed by atoms with E-state index in [9.17, 15) is 9.18 Å². The summed E-state index contributed by atoms with van der Waals surface area (Å²) in [5, 5.41) is 0. The van der Waals surface area contributed by atoms with Crippen molar-refractivity contribution in [2.24, 2.45) is 0 Å². The van der Waals surface area contributed by atoms with E-state index >= 15 is 0 Å². The summed E-state index contributed by atoms with van der Waals surface area (Å²) in [6.45, 7) is 1.81. The first kappa shape index (κ1) is 12.2. The Kier molecular flexibility index (Phi) is 3.37. The predicted octanol–water partition coefficient (Wildman–Crippen LogP) is 2.77. The lowest BCUT2D eigenvalue weighted by Gasteiger charge is -2.09. The molecule has 18 heavy (non-hydrogen) atoms. The Morgan fingerprint density at radius 3 is 2.72 bits per heavy atom. The van der Waals surface area contributed by atoms with Crippen LogP contribution in [0, 0.1) is 12.7 Å². The Morgan fingerprint density at radius 2 is 2.06 bits per heavy atom. The zero-order valence-electron chi connectivity index (χ0n) is 10.1. The highest BCUT2D eigenvalue weighted by Crippen LogP contribution is 2.23. The quantitative estimate of drug-likeness (QED) is 0.780. The first-order valence-corrected chi connectivity index (χ1v) is 5.42. The van der Waals surface area contributed by atoms with Crippen LogP contribution in [-0.4, -0.2) is 17.9 Å². The molecule has 0 amide bonds. The van der Waals surface area contributed by atoms with Crippen LogP contribution in [0.5, 0.6) is 5.75 Å². The fourth-order valence-electron chi connectivity index (χ4n) is 1.70. The van der Waals surface area contributed by atoms with Gasteiger partial charge in [0.25, 0.3) is 0 Å². The highest BCUT2D eigenvalue weighted by molar-refractivity contribution is 6.11. The van der Waals surface area contributed by atoms with E-state index < -0.39 is 5.82 Å². The van der Waals surface area contributed by atoms with E-state index in [0.717, 1.165) is 5.56 Å². The van der Waals surface area contributed by atoms with E-state index in [4.69, 9.17) is 4.74 Å². The lowest BCUT2D eigenvalue weighted by molar-refractivity contribution is 0.103. The molecule has 92 valence electrons. The minimum Gasteiger partial charge on any atom is -0.496 e. The Hall–Kier alpha value is -2.23. The maximum Gasteiger partial charge on any atom is 0.198 e. The van der Waals surface area contributed by atoms with Crippen molar-refractivity contribution < 1.29 is 13.9 Å². The summed E-state index contributed by atoms with van der Waals surface area (Å²) in [5.41, 5.74) is 1.44. The summed E-state index contributed by atoms with van der Waals surface area (Å²) in [6, 6.07) is 5.60. The van der Waals surface area contributed by atoms with Gasteiger partial charge in [-0.25, -0.2) is 4.39 Å². The van der Waals surface area contributed by atoms with E-state index in [1.54, 1.807) is 19.2 Å². The van der Waals surface area contributed by atoms with Gasteiger partial charge in [0.1, 0.15) is 11.6 Å². The largest absolute Gasteiger partial charge is 0.496 e. The smallest absolute Gasteiger partial charge is 0.198 e. The zero-order valence-corrected chi connectivity index (χ0v) is 10.1. The average Bonchev–Trinajstić information content (AvgIpc) is 2.38. The van der Waals surface area contributed by atoms with E-state index in [1.807, 2.05) is 0 Å². The molecule has 0 saturated heterocycles. The van der Waals surface area contributed by atoms with Gasteiger partial charge in [-0.2, -0.15) is 0 Å². The number of nitrogens with zero attached hydrogens (tertiary/aromatic N) is 1. The number of ether oxygens (including phenoxy) is 1.